The SMILES string of the molecule is COC(=O)c1ccc(-n2c(C)cc(/C=N\NC(=O)c3ccc(OC)cc3O)c2C)cc1. The third-order valence-electron chi connectivity index (χ3n) is 4.84. The van der Waals surface area contributed by atoms with Gasteiger partial charge in [-0.1, -0.05) is 0 Å². The normalized spacial score (nSPS) is 10.8. The molecule has 0 unspecified atom stereocenters. The van der Waals surface area contributed by atoms with Gasteiger partial charge in [-0.05, 0) is 56.3 Å². The average molecular weight is 421 g/mol. The molecule has 1 amide bonds. The Balaban J connectivity index is 1.77. The van der Waals surface area contributed by atoms with Crippen molar-refractivity contribution in [3.63, 3.8) is 0 Å². The number of phenols is 1. The second-order valence-corrected chi connectivity index (χ2v) is 6.78. The Hall–Kier alpha value is -4.07. The molecule has 3 rings (SSSR count). The first-order valence-corrected chi connectivity index (χ1v) is 9.43. The molecular formula is C23H23N3O5. The van der Waals surface area contributed by atoms with E-state index in [1.54, 1.807) is 24.4 Å². The van der Waals surface area contributed by atoms with Crippen LogP contribution in [0.5, 0.6) is 11.5 Å². The highest BCUT2D eigenvalue weighted by atomic mass is 16.5. The molecule has 0 saturated carbocycles. The van der Waals surface area contributed by atoms with Gasteiger partial charge >= 0.3 is 5.97 Å². The largest absolute Gasteiger partial charge is 0.507 e. The van der Waals surface area contributed by atoms with Gasteiger partial charge in [0.2, 0.25) is 0 Å². The van der Waals surface area contributed by atoms with E-state index in [9.17, 15) is 14.7 Å². The van der Waals surface area contributed by atoms with Crippen molar-refractivity contribution in [1.82, 2.24) is 9.99 Å². The minimum atomic E-state index is -0.538. The molecule has 0 radical (unpaired) electrons. The van der Waals surface area contributed by atoms with Gasteiger partial charge < -0.3 is 19.1 Å². The Morgan fingerprint density at radius 1 is 1.06 bits per heavy atom. The first kappa shape index (κ1) is 21.6. The van der Waals surface area contributed by atoms with Crippen LogP contribution in [0.25, 0.3) is 5.69 Å². The summed E-state index contributed by atoms with van der Waals surface area (Å²) in [6.07, 6.45) is 1.54. The molecule has 0 bridgehead atoms. The smallest absolute Gasteiger partial charge is 0.337 e. The van der Waals surface area contributed by atoms with Gasteiger partial charge in [-0.15, -0.1) is 0 Å². The highest BCUT2D eigenvalue weighted by Crippen LogP contribution is 2.23. The Labute approximate surface area is 179 Å². The van der Waals surface area contributed by atoms with Crippen molar-refractivity contribution in [2.45, 2.75) is 13.8 Å². The number of carbonyl (C=O) groups excluding carboxylic acids is 2. The van der Waals surface area contributed by atoms with Crippen molar-refractivity contribution < 1.29 is 24.2 Å². The lowest BCUT2D eigenvalue weighted by Gasteiger charge is -2.10. The summed E-state index contributed by atoms with van der Waals surface area (Å²) in [7, 11) is 2.82. The Morgan fingerprint density at radius 2 is 1.77 bits per heavy atom. The third kappa shape index (κ3) is 4.58. The maximum Gasteiger partial charge on any atom is 0.337 e. The van der Waals surface area contributed by atoms with Gasteiger partial charge in [-0.2, -0.15) is 5.10 Å². The van der Waals surface area contributed by atoms with E-state index < -0.39 is 5.91 Å². The van der Waals surface area contributed by atoms with Crippen LogP contribution in [-0.2, 0) is 4.74 Å². The zero-order valence-electron chi connectivity index (χ0n) is 17.7. The highest BCUT2D eigenvalue weighted by molar-refractivity contribution is 5.97. The number of amides is 1. The lowest BCUT2D eigenvalue weighted by molar-refractivity contribution is 0.0600. The Kier molecular flexibility index (Phi) is 6.40. The molecule has 160 valence electrons. The molecule has 0 atom stereocenters. The molecule has 1 heterocycles. The molecule has 8 nitrogen and oxygen atoms in total. The molecule has 8 heteroatoms. The molecule has 2 aromatic carbocycles. The van der Waals surface area contributed by atoms with Gasteiger partial charge in [-0.25, -0.2) is 10.2 Å². The van der Waals surface area contributed by atoms with Crippen LogP contribution in [0, 0.1) is 13.8 Å². The van der Waals surface area contributed by atoms with Crippen LogP contribution in [0.15, 0.2) is 53.6 Å². The molecule has 0 aliphatic carbocycles. The van der Waals surface area contributed by atoms with Crippen LogP contribution in [0.3, 0.4) is 0 Å². The van der Waals surface area contributed by atoms with Gasteiger partial charge in [0.25, 0.3) is 5.91 Å². The van der Waals surface area contributed by atoms with E-state index in [2.05, 4.69) is 10.5 Å². The number of nitrogens with one attached hydrogen (secondary N) is 1. The highest BCUT2D eigenvalue weighted by Gasteiger charge is 2.13. The van der Waals surface area contributed by atoms with Crippen molar-refractivity contribution >= 4 is 18.1 Å². The zero-order valence-corrected chi connectivity index (χ0v) is 17.7. The van der Waals surface area contributed by atoms with Crippen LogP contribution in [-0.4, -0.2) is 42.0 Å². The summed E-state index contributed by atoms with van der Waals surface area (Å²) in [5.74, 6) is -0.673. The van der Waals surface area contributed by atoms with E-state index in [0.29, 0.717) is 11.3 Å². The number of benzene rings is 2. The molecule has 2 N–H and O–H groups in total. The number of ether oxygens (including phenoxy) is 2. The standard InChI is InChI=1S/C23H23N3O5/c1-14-11-17(13-24-25-22(28)20-10-9-19(30-3)12-21(20)27)15(2)26(14)18-7-5-16(6-8-18)23(29)31-4/h5-13,27H,1-4H3,(H,25,28)/b24-13-. The first-order chi connectivity index (χ1) is 14.8. The molecule has 1 aromatic heterocycles. The first-order valence-electron chi connectivity index (χ1n) is 9.43. The topological polar surface area (TPSA) is 102 Å². The molecular weight excluding hydrogens is 398 g/mol. The number of aryl methyl sites for hydroxylation is 1. The zero-order chi connectivity index (χ0) is 22.5. The molecule has 31 heavy (non-hydrogen) atoms. The molecule has 0 fully saturated rings. The summed E-state index contributed by atoms with van der Waals surface area (Å²) in [5, 5.41) is 14.0. The molecule has 0 aliphatic heterocycles. The number of hydrogen-bond donors (Lipinski definition) is 2. The van der Waals surface area contributed by atoms with Crippen LogP contribution < -0.4 is 10.2 Å². The Morgan fingerprint density at radius 3 is 2.39 bits per heavy atom. The van der Waals surface area contributed by atoms with Crippen molar-refractivity contribution in [3.8, 4) is 17.2 Å². The van der Waals surface area contributed by atoms with Gasteiger partial charge in [0.15, 0.2) is 0 Å². The van der Waals surface area contributed by atoms with Gasteiger partial charge in [0.1, 0.15) is 11.5 Å². The lowest BCUT2D eigenvalue weighted by atomic mass is 10.2. The number of esters is 1. The minimum absolute atomic E-state index is 0.0918. The minimum Gasteiger partial charge on any atom is -0.507 e. The van der Waals surface area contributed by atoms with Crippen molar-refractivity contribution in [2.75, 3.05) is 14.2 Å². The van der Waals surface area contributed by atoms with Crippen LogP contribution >= 0.6 is 0 Å². The fourth-order valence-corrected chi connectivity index (χ4v) is 3.23. The number of methoxy groups -OCH3 is 2. The second kappa shape index (κ2) is 9.17. The number of nitrogens with zero attached hydrogens (tertiary/aromatic N) is 2. The summed E-state index contributed by atoms with van der Waals surface area (Å²) in [4.78, 5) is 23.9. The molecule has 0 aliphatic rings. The van der Waals surface area contributed by atoms with Crippen molar-refractivity contribution in [3.05, 3.63) is 76.6 Å². The molecule has 0 saturated heterocycles. The lowest BCUT2D eigenvalue weighted by Crippen LogP contribution is -2.17. The molecule has 0 spiro atoms. The fraction of sp³-hybridized carbons (Fsp3) is 0.174. The van der Waals surface area contributed by atoms with E-state index >= 15 is 0 Å². The summed E-state index contributed by atoms with van der Waals surface area (Å²) in [6.45, 7) is 3.88. The predicted octanol–water partition coefficient (Wildman–Crippen LogP) is 3.36. The van der Waals surface area contributed by atoms with Crippen molar-refractivity contribution in [2.24, 2.45) is 5.10 Å². The number of rotatable bonds is 6. The van der Waals surface area contributed by atoms with Gasteiger partial charge in [-0.3, -0.25) is 4.79 Å². The number of hydrazone groups is 1. The summed E-state index contributed by atoms with van der Waals surface area (Å²) >= 11 is 0. The van der Waals surface area contributed by atoms with E-state index in [1.165, 1.54) is 26.4 Å². The monoisotopic (exact) mass is 421 g/mol. The van der Waals surface area contributed by atoms with Gasteiger partial charge in [0, 0.05) is 28.7 Å². The summed E-state index contributed by atoms with van der Waals surface area (Å²) in [6, 6.07) is 13.4. The van der Waals surface area contributed by atoms with Crippen LogP contribution in [0.2, 0.25) is 0 Å². The number of carbonyl (C=O) groups is 2. The van der Waals surface area contributed by atoms with E-state index in [-0.39, 0.29) is 17.3 Å². The maximum atomic E-state index is 12.3. The number of aromatic hydroxyl groups is 1. The third-order valence-corrected chi connectivity index (χ3v) is 4.84. The number of aromatic nitrogens is 1. The Bertz CT molecular complexity index is 1150. The molecule has 3 aromatic rings. The predicted molar refractivity (Wildman–Crippen MR) is 116 cm³/mol. The number of phenolic OH excluding ortho intramolecular Hbond substituents is 1. The average Bonchev–Trinajstić information content (AvgIpc) is 3.06. The second-order valence-electron chi connectivity index (χ2n) is 6.78. The van der Waals surface area contributed by atoms with E-state index in [1.807, 2.05) is 36.6 Å². The summed E-state index contributed by atoms with van der Waals surface area (Å²) in [5.41, 5.74) is 6.55. The fourth-order valence-electron chi connectivity index (χ4n) is 3.23. The maximum absolute atomic E-state index is 12.3. The quantitative estimate of drug-likeness (QED) is 0.361. The van der Waals surface area contributed by atoms with Crippen LogP contribution in [0.1, 0.15) is 37.7 Å². The number of hydrogen-bond acceptors (Lipinski definition) is 6. The van der Waals surface area contributed by atoms with Gasteiger partial charge in [0.05, 0.1) is 31.6 Å². The van der Waals surface area contributed by atoms with Crippen LogP contribution in [0.4, 0.5) is 0 Å². The van der Waals surface area contributed by atoms with E-state index in [0.717, 1.165) is 22.6 Å². The summed E-state index contributed by atoms with van der Waals surface area (Å²) < 4.78 is 11.8. The van der Waals surface area contributed by atoms with E-state index in [4.69, 9.17) is 9.47 Å². The van der Waals surface area contributed by atoms with Crippen molar-refractivity contribution in [1.29, 1.82) is 0 Å².